The monoisotopic (exact) mass is 429 g/mol. The predicted molar refractivity (Wildman–Crippen MR) is 119 cm³/mol. The lowest BCUT2D eigenvalue weighted by atomic mass is 10.1. The standard InChI is InChI=1S/C24H31NO4S/c1-5-20-7-9-21(10-8-20)15-25(22-12-13-30(27,28)16-22)24(26)19(4)29-23-11-6-17(2)18(3)14-23/h6-11,14,19,22H,5,12-13,15-16H2,1-4H3/t19-,22+/m1/s1. The number of benzene rings is 2. The van der Waals surface area contributed by atoms with Gasteiger partial charge in [0.15, 0.2) is 15.9 Å². The van der Waals surface area contributed by atoms with Crippen molar-refractivity contribution < 1.29 is 17.9 Å². The Morgan fingerprint density at radius 3 is 2.33 bits per heavy atom. The maximum absolute atomic E-state index is 13.3. The van der Waals surface area contributed by atoms with Gasteiger partial charge in [0.25, 0.3) is 5.91 Å². The summed E-state index contributed by atoms with van der Waals surface area (Å²) in [5.74, 6) is 0.602. The second kappa shape index (κ2) is 9.21. The molecule has 1 fully saturated rings. The summed E-state index contributed by atoms with van der Waals surface area (Å²) < 4.78 is 30.1. The van der Waals surface area contributed by atoms with E-state index in [0.717, 1.165) is 23.1 Å². The number of sulfone groups is 1. The number of amides is 1. The van der Waals surface area contributed by atoms with E-state index in [1.165, 1.54) is 5.56 Å². The van der Waals surface area contributed by atoms with Gasteiger partial charge in [-0.3, -0.25) is 4.79 Å². The zero-order chi connectivity index (χ0) is 21.9. The third kappa shape index (κ3) is 5.42. The van der Waals surface area contributed by atoms with Crippen LogP contribution in [0.25, 0.3) is 0 Å². The van der Waals surface area contributed by atoms with Crippen molar-refractivity contribution in [1.82, 2.24) is 4.90 Å². The van der Waals surface area contributed by atoms with Gasteiger partial charge in [0.05, 0.1) is 11.5 Å². The highest BCUT2D eigenvalue weighted by Crippen LogP contribution is 2.23. The van der Waals surface area contributed by atoms with E-state index in [1.807, 2.05) is 44.2 Å². The molecule has 0 aromatic heterocycles. The van der Waals surface area contributed by atoms with E-state index in [2.05, 4.69) is 19.1 Å². The Hall–Kier alpha value is -2.34. The van der Waals surface area contributed by atoms with E-state index in [1.54, 1.807) is 11.8 Å². The number of carbonyl (C=O) groups is 1. The summed E-state index contributed by atoms with van der Waals surface area (Å²) in [5.41, 5.74) is 4.48. The lowest BCUT2D eigenvalue weighted by Crippen LogP contribution is -2.46. The molecule has 30 heavy (non-hydrogen) atoms. The Kier molecular flexibility index (Phi) is 6.86. The molecule has 0 unspecified atom stereocenters. The SMILES string of the molecule is CCc1ccc(CN(C(=O)[C@@H](C)Oc2ccc(C)c(C)c2)[C@H]2CCS(=O)(=O)C2)cc1. The van der Waals surface area contributed by atoms with Gasteiger partial charge in [0.1, 0.15) is 5.75 Å². The van der Waals surface area contributed by atoms with Gasteiger partial charge in [0, 0.05) is 12.6 Å². The Bertz CT molecular complexity index is 998. The predicted octanol–water partition coefficient (Wildman–Crippen LogP) is 3.85. The fourth-order valence-corrected chi connectivity index (χ4v) is 5.49. The molecule has 1 saturated heterocycles. The van der Waals surface area contributed by atoms with Gasteiger partial charge < -0.3 is 9.64 Å². The first-order valence-electron chi connectivity index (χ1n) is 10.5. The van der Waals surface area contributed by atoms with Crippen LogP contribution in [0.5, 0.6) is 5.75 Å². The van der Waals surface area contributed by atoms with Crippen LogP contribution in [0.1, 0.15) is 42.5 Å². The molecule has 2 aromatic carbocycles. The third-order valence-corrected chi connectivity index (χ3v) is 7.61. The van der Waals surface area contributed by atoms with Crippen LogP contribution in [-0.2, 0) is 27.6 Å². The summed E-state index contributed by atoms with van der Waals surface area (Å²) in [7, 11) is -3.11. The average molecular weight is 430 g/mol. The van der Waals surface area contributed by atoms with Crippen LogP contribution >= 0.6 is 0 Å². The average Bonchev–Trinajstić information content (AvgIpc) is 3.08. The van der Waals surface area contributed by atoms with Crippen LogP contribution in [0, 0.1) is 13.8 Å². The molecule has 1 heterocycles. The van der Waals surface area contributed by atoms with Crippen molar-refractivity contribution in [1.29, 1.82) is 0 Å². The molecular weight excluding hydrogens is 398 g/mol. The van der Waals surface area contributed by atoms with Gasteiger partial charge in [-0.05, 0) is 68.0 Å². The topological polar surface area (TPSA) is 63.7 Å². The van der Waals surface area contributed by atoms with Gasteiger partial charge >= 0.3 is 0 Å². The lowest BCUT2D eigenvalue weighted by molar-refractivity contribution is -0.140. The van der Waals surface area contributed by atoms with Gasteiger partial charge in [-0.25, -0.2) is 8.42 Å². The molecule has 2 aromatic rings. The summed E-state index contributed by atoms with van der Waals surface area (Å²) >= 11 is 0. The molecule has 3 rings (SSSR count). The molecule has 0 bridgehead atoms. The van der Waals surface area contributed by atoms with E-state index in [0.29, 0.717) is 18.7 Å². The van der Waals surface area contributed by atoms with Crippen LogP contribution in [0.4, 0.5) is 0 Å². The summed E-state index contributed by atoms with van der Waals surface area (Å²) in [6.07, 6.45) is 0.715. The number of carbonyl (C=O) groups excluding carboxylic acids is 1. The summed E-state index contributed by atoms with van der Waals surface area (Å²) in [6.45, 7) is 8.24. The normalized spacial score (nSPS) is 18.7. The molecule has 0 aliphatic carbocycles. The first-order valence-corrected chi connectivity index (χ1v) is 12.3. The van der Waals surface area contributed by atoms with E-state index in [-0.39, 0.29) is 23.5 Å². The highest BCUT2D eigenvalue weighted by Gasteiger charge is 2.36. The van der Waals surface area contributed by atoms with Crippen LogP contribution in [-0.4, -0.2) is 42.9 Å². The Morgan fingerprint density at radius 1 is 1.10 bits per heavy atom. The fraction of sp³-hybridized carbons (Fsp3) is 0.458. The minimum absolute atomic E-state index is 0.0160. The van der Waals surface area contributed by atoms with Crippen molar-refractivity contribution in [2.24, 2.45) is 0 Å². The maximum atomic E-state index is 13.3. The smallest absolute Gasteiger partial charge is 0.263 e. The minimum atomic E-state index is -3.11. The summed E-state index contributed by atoms with van der Waals surface area (Å²) in [6, 6.07) is 13.6. The van der Waals surface area contributed by atoms with Crippen molar-refractivity contribution >= 4 is 15.7 Å². The second-order valence-corrected chi connectivity index (χ2v) is 10.4. The molecule has 162 valence electrons. The zero-order valence-electron chi connectivity index (χ0n) is 18.2. The molecular formula is C24H31NO4S. The van der Waals surface area contributed by atoms with E-state index in [4.69, 9.17) is 4.74 Å². The quantitative estimate of drug-likeness (QED) is 0.671. The highest BCUT2D eigenvalue weighted by molar-refractivity contribution is 7.91. The molecule has 0 saturated carbocycles. The number of rotatable bonds is 7. The first-order chi connectivity index (χ1) is 14.2. The van der Waals surface area contributed by atoms with E-state index in [9.17, 15) is 13.2 Å². The van der Waals surface area contributed by atoms with Gasteiger partial charge in [-0.15, -0.1) is 0 Å². The van der Waals surface area contributed by atoms with E-state index >= 15 is 0 Å². The summed E-state index contributed by atoms with van der Waals surface area (Å²) in [5, 5.41) is 0. The number of hydrogen-bond acceptors (Lipinski definition) is 4. The maximum Gasteiger partial charge on any atom is 0.263 e. The second-order valence-electron chi connectivity index (χ2n) is 8.20. The molecule has 5 nitrogen and oxygen atoms in total. The van der Waals surface area contributed by atoms with Crippen molar-refractivity contribution in [3.05, 3.63) is 64.7 Å². The molecule has 1 aliphatic heterocycles. The Balaban J connectivity index is 1.80. The molecule has 0 radical (unpaired) electrons. The van der Waals surface area contributed by atoms with Crippen molar-refractivity contribution in [3.8, 4) is 5.75 Å². The number of aryl methyl sites for hydroxylation is 3. The Morgan fingerprint density at radius 2 is 1.77 bits per heavy atom. The third-order valence-electron chi connectivity index (χ3n) is 5.86. The molecule has 2 atom stereocenters. The van der Waals surface area contributed by atoms with Crippen molar-refractivity contribution in [2.75, 3.05) is 11.5 Å². The largest absolute Gasteiger partial charge is 0.481 e. The van der Waals surface area contributed by atoms with Crippen LogP contribution in [0.15, 0.2) is 42.5 Å². The highest BCUT2D eigenvalue weighted by atomic mass is 32.2. The van der Waals surface area contributed by atoms with Crippen molar-refractivity contribution in [3.63, 3.8) is 0 Å². The minimum Gasteiger partial charge on any atom is -0.481 e. The number of hydrogen-bond donors (Lipinski definition) is 0. The van der Waals surface area contributed by atoms with Gasteiger partial charge in [0.2, 0.25) is 0 Å². The molecule has 0 spiro atoms. The van der Waals surface area contributed by atoms with Crippen LogP contribution < -0.4 is 4.74 Å². The molecule has 1 aliphatic rings. The first kappa shape index (κ1) is 22.3. The fourth-order valence-electron chi connectivity index (χ4n) is 3.76. The van der Waals surface area contributed by atoms with E-state index < -0.39 is 15.9 Å². The number of nitrogens with zero attached hydrogens (tertiary/aromatic N) is 1. The molecule has 0 N–H and O–H groups in total. The van der Waals surface area contributed by atoms with Gasteiger partial charge in [-0.1, -0.05) is 37.3 Å². The van der Waals surface area contributed by atoms with Crippen LogP contribution in [0.3, 0.4) is 0 Å². The lowest BCUT2D eigenvalue weighted by Gasteiger charge is -2.31. The van der Waals surface area contributed by atoms with Crippen LogP contribution in [0.2, 0.25) is 0 Å². The molecule has 6 heteroatoms. The number of ether oxygens (including phenoxy) is 1. The van der Waals surface area contributed by atoms with Crippen molar-refractivity contribution in [2.45, 2.75) is 59.2 Å². The zero-order valence-corrected chi connectivity index (χ0v) is 19.0. The Labute approximate surface area is 180 Å². The van der Waals surface area contributed by atoms with Gasteiger partial charge in [-0.2, -0.15) is 0 Å². The molecule has 1 amide bonds. The summed E-state index contributed by atoms with van der Waals surface area (Å²) in [4.78, 5) is 15.0.